The minimum atomic E-state index is -0.603. The molecule has 5 rings (SSSR count). The lowest BCUT2D eigenvalue weighted by Crippen LogP contribution is -2.60. The molecule has 150 valence electrons. The second-order valence-electron chi connectivity index (χ2n) is 8.66. The van der Waals surface area contributed by atoms with Crippen molar-refractivity contribution in [2.24, 2.45) is 10.3 Å². The summed E-state index contributed by atoms with van der Waals surface area (Å²) in [5, 5.41) is 9.57. The van der Waals surface area contributed by atoms with Crippen LogP contribution in [0.15, 0.2) is 70.6 Å². The molecule has 1 amide bonds. The Bertz CT molecular complexity index is 1160. The zero-order valence-electron chi connectivity index (χ0n) is 17.0. The Kier molecular flexibility index (Phi) is 4.21. The topological polar surface area (TPSA) is 52.9 Å². The number of phenolic OH excluding ortho intramolecular Hbond substituents is 1. The fourth-order valence-electron chi connectivity index (χ4n) is 4.83. The van der Waals surface area contributed by atoms with E-state index in [9.17, 15) is 14.3 Å². The molecule has 2 heterocycles. The number of halogens is 1. The molecule has 1 aliphatic carbocycles. The van der Waals surface area contributed by atoms with Crippen LogP contribution in [0, 0.1) is 18.2 Å². The maximum atomic E-state index is 14.0. The predicted octanol–water partition coefficient (Wildman–Crippen LogP) is 3.45. The lowest BCUT2D eigenvalue weighted by Gasteiger charge is -2.54. The van der Waals surface area contributed by atoms with Gasteiger partial charge in [0.25, 0.3) is 5.91 Å². The van der Waals surface area contributed by atoms with Gasteiger partial charge in [-0.15, -0.1) is 0 Å². The van der Waals surface area contributed by atoms with Crippen molar-refractivity contribution >= 4 is 23.9 Å². The Balaban J connectivity index is 1.31. The molecule has 2 aromatic rings. The maximum absolute atomic E-state index is 14.0. The van der Waals surface area contributed by atoms with Crippen LogP contribution < -0.4 is 5.46 Å². The summed E-state index contributed by atoms with van der Waals surface area (Å²) in [6.45, 7) is 5.33. The van der Waals surface area contributed by atoms with E-state index >= 15 is 0 Å². The summed E-state index contributed by atoms with van der Waals surface area (Å²) < 4.78 is 14.0. The number of hydrogen-bond donors (Lipinski definition) is 1. The van der Waals surface area contributed by atoms with Crippen molar-refractivity contribution in [1.82, 2.24) is 4.90 Å². The van der Waals surface area contributed by atoms with Crippen molar-refractivity contribution in [2.75, 3.05) is 13.1 Å². The summed E-state index contributed by atoms with van der Waals surface area (Å²) in [5.41, 5.74) is 5.93. The number of allylic oxidation sites excluding steroid dienone is 3. The summed E-state index contributed by atoms with van der Waals surface area (Å²) in [4.78, 5) is 19.1. The third-order valence-corrected chi connectivity index (χ3v) is 6.35. The highest BCUT2D eigenvalue weighted by Crippen LogP contribution is 2.50. The molecule has 0 bridgehead atoms. The van der Waals surface area contributed by atoms with Crippen molar-refractivity contribution in [3.63, 3.8) is 0 Å². The third-order valence-electron chi connectivity index (χ3n) is 6.35. The SMILES string of the molecule is CC1=NB(c2ccccc2C)C(C2=CC3(C2)CN(C(=O)c2cc(O)ccc2F)C3)=C1. The molecular weight excluding hydrogens is 378 g/mol. The van der Waals surface area contributed by atoms with E-state index in [1.165, 1.54) is 34.2 Å². The van der Waals surface area contributed by atoms with Gasteiger partial charge in [0.05, 0.1) is 5.56 Å². The van der Waals surface area contributed by atoms with Gasteiger partial charge in [-0.25, -0.2) is 4.39 Å². The molecule has 0 saturated carbocycles. The number of benzene rings is 2. The Hall–Kier alpha value is -3.15. The van der Waals surface area contributed by atoms with Gasteiger partial charge in [0, 0.05) is 24.2 Å². The third kappa shape index (κ3) is 2.98. The first-order valence-electron chi connectivity index (χ1n) is 10.2. The summed E-state index contributed by atoms with van der Waals surface area (Å²) in [7, 11) is 0. The first kappa shape index (κ1) is 18.9. The van der Waals surface area contributed by atoms with Crippen LogP contribution in [-0.2, 0) is 0 Å². The van der Waals surface area contributed by atoms with E-state index in [4.69, 9.17) is 4.90 Å². The van der Waals surface area contributed by atoms with E-state index in [0.717, 1.165) is 18.2 Å². The molecule has 2 aliphatic heterocycles. The monoisotopic (exact) mass is 400 g/mol. The molecule has 0 aromatic heterocycles. The second-order valence-corrected chi connectivity index (χ2v) is 8.66. The fourth-order valence-corrected chi connectivity index (χ4v) is 4.83. The molecule has 1 N–H and O–H groups in total. The molecule has 30 heavy (non-hydrogen) atoms. The Morgan fingerprint density at radius 2 is 1.93 bits per heavy atom. The minimum Gasteiger partial charge on any atom is -0.508 e. The van der Waals surface area contributed by atoms with Crippen LogP contribution in [0.3, 0.4) is 0 Å². The highest BCUT2D eigenvalue weighted by atomic mass is 19.1. The molecule has 1 fully saturated rings. The average Bonchev–Trinajstić information content (AvgIpc) is 3.03. The second kappa shape index (κ2) is 6.69. The summed E-state index contributed by atoms with van der Waals surface area (Å²) in [6.07, 6.45) is 5.33. The number of rotatable bonds is 3. The summed E-state index contributed by atoms with van der Waals surface area (Å²) >= 11 is 0. The van der Waals surface area contributed by atoms with Gasteiger partial charge in [-0.3, -0.25) is 4.79 Å². The molecule has 6 heteroatoms. The predicted molar refractivity (Wildman–Crippen MR) is 117 cm³/mol. The highest BCUT2D eigenvalue weighted by Gasteiger charge is 2.50. The average molecular weight is 400 g/mol. The highest BCUT2D eigenvalue weighted by molar-refractivity contribution is 6.82. The van der Waals surface area contributed by atoms with Crippen LogP contribution in [0.25, 0.3) is 0 Å². The molecule has 1 saturated heterocycles. The fraction of sp³-hybridized carbons (Fsp3) is 0.250. The number of aromatic hydroxyl groups is 1. The van der Waals surface area contributed by atoms with E-state index in [0.29, 0.717) is 13.1 Å². The maximum Gasteiger partial charge on any atom is 0.345 e. The first-order valence-corrected chi connectivity index (χ1v) is 10.2. The number of phenols is 1. The van der Waals surface area contributed by atoms with E-state index in [1.807, 2.05) is 13.0 Å². The van der Waals surface area contributed by atoms with Crippen molar-refractivity contribution in [3.05, 3.63) is 82.6 Å². The Morgan fingerprint density at radius 1 is 1.20 bits per heavy atom. The van der Waals surface area contributed by atoms with E-state index in [2.05, 4.69) is 37.3 Å². The molecule has 2 aromatic carbocycles. The smallest absolute Gasteiger partial charge is 0.345 e. The van der Waals surface area contributed by atoms with Crippen molar-refractivity contribution in [1.29, 1.82) is 0 Å². The molecule has 1 spiro atoms. The number of amides is 1. The zero-order chi connectivity index (χ0) is 21.0. The molecule has 0 atom stereocenters. The lowest BCUT2D eigenvalue weighted by atomic mass is 9.46. The normalized spacial score (nSPS) is 19.1. The van der Waals surface area contributed by atoms with Gasteiger partial charge in [-0.2, -0.15) is 0 Å². The molecule has 0 unspecified atom stereocenters. The van der Waals surface area contributed by atoms with Gasteiger partial charge in [0.15, 0.2) is 0 Å². The van der Waals surface area contributed by atoms with E-state index in [-0.39, 0.29) is 29.5 Å². The quantitative estimate of drug-likeness (QED) is 0.803. The molecule has 0 radical (unpaired) electrons. The number of hydrogen-bond acceptors (Lipinski definition) is 3. The number of aryl methyl sites for hydroxylation is 1. The van der Waals surface area contributed by atoms with Crippen LogP contribution in [0.2, 0.25) is 0 Å². The van der Waals surface area contributed by atoms with Crippen LogP contribution in [0.5, 0.6) is 5.75 Å². The number of likely N-dealkylation sites (tertiary alicyclic amines) is 1. The Labute approximate surface area is 175 Å². The van der Waals surface area contributed by atoms with E-state index in [1.54, 1.807) is 4.90 Å². The molecule has 4 nitrogen and oxygen atoms in total. The number of nitrogens with zero attached hydrogens (tertiary/aromatic N) is 2. The molecular formula is C24H22BFN2O2. The first-order chi connectivity index (χ1) is 14.3. The summed E-state index contributed by atoms with van der Waals surface area (Å²) in [5.74, 6) is -1.08. The minimum absolute atomic E-state index is 0.0219. The van der Waals surface area contributed by atoms with Gasteiger partial charge < -0.3 is 14.9 Å². The van der Waals surface area contributed by atoms with Crippen LogP contribution in [-0.4, -0.2) is 41.6 Å². The van der Waals surface area contributed by atoms with Gasteiger partial charge in [0.1, 0.15) is 11.6 Å². The van der Waals surface area contributed by atoms with Gasteiger partial charge in [-0.05, 0) is 55.5 Å². The van der Waals surface area contributed by atoms with Gasteiger partial charge in [0.2, 0.25) is 0 Å². The van der Waals surface area contributed by atoms with Crippen LogP contribution in [0.4, 0.5) is 4.39 Å². The zero-order valence-corrected chi connectivity index (χ0v) is 17.0. The number of carbonyl (C=O) groups excluding carboxylic acids is 1. The number of carbonyl (C=O) groups is 1. The van der Waals surface area contributed by atoms with Gasteiger partial charge in [-0.1, -0.05) is 41.5 Å². The summed E-state index contributed by atoms with van der Waals surface area (Å²) in [6, 6.07) is 11.9. The standard InChI is InChI=1S/C24H22BFN2O2/c1-15-5-3-4-6-20(15)25-21(9-16(2)27-25)17-11-24(12-17)13-28(14-24)23(30)19-10-18(29)7-8-22(19)26/h3-11,29H,12-14H2,1-2H3. The van der Waals surface area contributed by atoms with E-state index < -0.39 is 5.82 Å². The van der Waals surface area contributed by atoms with Crippen LogP contribution >= 0.6 is 0 Å². The largest absolute Gasteiger partial charge is 0.508 e. The van der Waals surface area contributed by atoms with Crippen molar-refractivity contribution in [3.8, 4) is 5.75 Å². The van der Waals surface area contributed by atoms with Crippen molar-refractivity contribution in [2.45, 2.75) is 20.3 Å². The van der Waals surface area contributed by atoms with Gasteiger partial charge >= 0.3 is 6.85 Å². The van der Waals surface area contributed by atoms with Crippen LogP contribution in [0.1, 0.15) is 29.3 Å². The van der Waals surface area contributed by atoms with Crippen molar-refractivity contribution < 1.29 is 14.3 Å². The lowest BCUT2D eigenvalue weighted by molar-refractivity contribution is 0.0204. The molecule has 3 aliphatic rings. The Morgan fingerprint density at radius 3 is 2.67 bits per heavy atom.